The summed E-state index contributed by atoms with van der Waals surface area (Å²) in [6.45, 7) is 0. The number of rotatable bonds is 2. The second-order valence-corrected chi connectivity index (χ2v) is 2.99. The quantitative estimate of drug-likeness (QED) is 0.807. The zero-order valence-corrected chi connectivity index (χ0v) is 8.82. The lowest BCUT2D eigenvalue weighted by atomic mass is 10.6. The summed E-state index contributed by atoms with van der Waals surface area (Å²) in [5.41, 5.74) is 5.39. The van der Waals surface area contributed by atoms with Crippen LogP contribution in [0.1, 0.15) is 0 Å². The van der Waals surface area contributed by atoms with Crippen molar-refractivity contribution < 1.29 is 9.47 Å². The lowest BCUT2D eigenvalue weighted by molar-refractivity contribution is 0.367. The molecule has 1 heterocycles. The highest BCUT2D eigenvalue weighted by molar-refractivity contribution is 14.1. The highest BCUT2D eigenvalue weighted by Gasteiger charge is 2.10. The van der Waals surface area contributed by atoms with Crippen LogP contribution in [-0.2, 0) is 0 Å². The molecule has 66 valence electrons. The Morgan fingerprint density at radius 1 is 1.17 bits per heavy atom. The van der Waals surface area contributed by atoms with E-state index in [9.17, 15) is 0 Å². The number of anilines is 1. The standard InChI is InChI=1S/C6H8IN3O2/c1-11-4-3(7)5(12-2)10-6(8)9-4/h1-2H3,(H2,8,9,10). The van der Waals surface area contributed by atoms with Gasteiger partial charge in [0.25, 0.3) is 0 Å². The third-order valence-electron chi connectivity index (χ3n) is 1.19. The van der Waals surface area contributed by atoms with Crippen molar-refractivity contribution in [1.82, 2.24) is 9.97 Å². The van der Waals surface area contributed by atoms with Gasteiger partial charge in [-0.2, -0.15) is 9.97 Å². The number of aromatic nitrogens is 2. The van der Waals surface area contributed by atoms with Crippen molar-refractivity contribution in [2.45, 2.75) is 0 Å². The molecule has 2 N–H and O–H groups in total. The molecule has 0 atom stereocenters. The third-order valence-corrected chi connectivity index (χ3v) is 2.12. The summed E-state index contributed by atoms with van der Waals surface area (Å²) in [6.07, 6.45) is 0. The smallest absolute Gasteiger partial charge is 0.235 e. The van der Waals surface area contributed by atoms with Gasteiger partial charge in [0.1, 0.15) is 3.57 Å². The molecule has 1 rings (SSSR count). The van der Waals surface area contributed by atoms with Gasteiger partial charge >= 0.3 is 0 Å². The molecule has 0 saturated heterocycles. The molecule has 0 fully saturated rings. The predicted octanol–water partition coefficient (Wildman–Crippen LogP) is 0.681. The predicted molar refractivity (Wildman–Crippen MR) is 52.3 cm³/mol. The number of hydrogen-bond acceptors (Lipinski definition) is 5. The van der Waals surface area contributed by atoms with Crippen LogP contribution >= 0.6 is 22.6 Å². The van der Waals surface area contributed by atoms with Crippen molar-refractivity contribution >= 4 is 28.5 Å². The van der Waals surface area contributed by atoms with E-state index >= 15 is 0 Å². The summed E-state index contributed by atoms with van der Waals surface area (Å²) in [7, 11) is 3.03. The van der Waals surface area contributed by atoms with E-state index in [-0.39, 0.29) is 5.95 Å². The van der Waals surface area contributed by atoms with Crippen molar-refractivity contribution in [3.63, 3.8) is 0 Å². The van der Waals surface area contributed by atoms with Crippen LogP contribution in [0.15, 0.2) is 0 Å². The van der Waals surface area contributed by atoms with Crippen LogP contribution in [0, 0.1) is 3.57 Å². The Balaban J connectivity index is 3.22. The van der Waals surface area contributed by atoms with Gasteiger partial charge in [-0.05, 0) is 22.6 Å². The van der Waals surface area contributed by atoms with E-state index in [1.807, 2.05) is 22.6 Å². The molecule has 5 nitrogen and oxygen atoms in total. The van der Waals surface area contributed by atoms with Crippen molar-refractivity contribution in [3.05, 3.63) is 3.57 Å². The fourth-order valence-corrected chi connectivity index (χ4v) is 1.37. The number of hydrogen-bond donors (Lipinski definition) is 1. The molecule has 1 aromatic heterocycles. The fraction of sp³-hybridized carbons (Fsp3) is 0.333. The second kappa shape index (κ2) is 3.74. The van der Waals surface area contributed by atoms with Crippen LogP contribution in [0.3, 0.4) is 0 Å². The molecule has 12 heavy (non-hydrogen) atoms. The van der Waals surface area contributed by atoms with Gasteiger partial charge in [0.05, 0.1) is 14.2 Å². The number of nitrogens with zero attached hydrogens (tertiary/aromatic N) is 2. The number of nitrogens with two attached hydrogens (primary N) is 1. The van der Waals surface area contributed by atoms with E-state index in [0.29, 0.717) is 15.3 Å². The molecule has 0 aliphatic carbocycles. The molecule has 0 bridgehead atoms. The van der Waals surface area contributed by atoms with Crippen molar-refractivity contribution in [1.29, 1.82) is 0 Å². The zero-order valence-electron chi connectivity index (χ0n) is 6.67. The topological polar surface area (TPSA) is 70.3 Å². The lowest BCUT2D eigenvalue weighted by Gasteiger charge is -2.06. The Bertz CT molecular complexity index is 267. The average molecular weight is 281 g/mol. The molecular weight excluding hydrogens is 273 g/mol. The van der Waals surface area contributed by atoms with E-state index in [2.05, 4.69) is 9.97 Å². The van der Waals surface area contributed by atoms with E-state index in [1.165, 1.54) is 14.2 Å². The largest absolute Gasteiger partial charge is 0.480 e. The van der Waals surface area contributed by atoms with Crippen LogP contribution in [-0.4, -0.2) is 24.2 Å². The molecule has 0 spiro atoms. The van der Waals surface area contributed by atoms with Gasteiger partial charge < -0.3 is 15.2 Å². The SMILES string of the molecule is COc1nc(N)nc(OC)c1I. The van der Waals surface area contributed by atoms with Gasteiger partial charge in [0.2, 0.25) is 17.7 Å². The Morgan fingerprint density at radius 3 is 1.92 bits per heavy atom. The monoisotopic (exact) mass is 281 g/mol. The number of nitrogen functional groups attached to an aromatic ring is 1. The van der Waals surface area contributed by atoms with Crippen LogP contribution in [0.4, 0.5) is 5.95 Å². The molecule has 0 amide bonds. The minimum Gasteiger partial charge on any atom is -0.480 e. The molecule has 0 radical (unpaired) electrons. The maximum absolute atomic E-state index is 5.39. The molecule has 1 aromatic rings. The van der Waals surface area contributed by atoms with Crippen LogP contribution < -0.4 is 15.2 Å². The van der Waals surface area contributed by atoms with E-state index < -0.39 is 0 Å². The normalized spacial score (nSPS) is 9.58. The van der Waals surface area contributed by atoms with Crippen molar-refractivity contribution in [3.8, 4) is 11.8 Å². The summed E-state index contributed by atoms with van der Waals surface area (Å²) in [6, 6.07) is 0. The van der Waals surface area contributed by atoms with E-state index in [4.69, 9.17) is 15.2 Å². The van der Waals surface area contributed by atoms with E-state index in [1.54, 1.807) is 0 Å². The van der Waals surface area contributed by atoms with E-state index in [0.717, 1.165) is 0 Å². The first-order valence-electron chi connectivity index (χ1n) is 3.10. The summed E-state index contributed by atoms with van der Waals surface area (Å²) in [5, 5.41) is 0. The Hall–Kier alpha value is -0.790. The Kier molecular flexibility index (Phi) is 2.90. The number of halogens is 1. The van der Waals surface area contributed by atoms with Crippen LogP contribution in [0.25, 0.3) is 0 Å². The van der Waals surface area contributed by atoms with Gasteiger partial charge in [-0.15, -0.1) is 0 Å². The Labute approximate surface area is 83.4 Å². The molecular formula is C6H8IN3O2. The first-order valence-corrected chi connectivity index (χ1v) is 4.18. The molecule has 0 aliphatic rings. The first-order chi connectivity index (χ1) is 5.69. The Morgan fingerprint density at radius 2 is 1.58 bits per heavy atom. The molecule has 0 aliphatic heterocycles. The minimum atomic E-state index is 0.143. The van der Waals surface area contributed by atoms with Gasteiger partial charge in [-0.3, -0.25) is 0 Å². The molecule has 0 unspecified atom stereocenters. The third kappa shape index (κ3) is 1.68. The van der Waals surface area contributed by atoms with Gasteiger partial charge in [-0.25, -0.2) is 0 Å². The minimum absolute atomic E-state index is 0.143. The molecule has 6 heteroatoms. The molecule has 0 saturated carbocycles. The summed E-state index contributed by atoms with van der Waals surface area (Å²) in [4.78, 5) is 7.71. The van der Waals surface area contributed by atoms with Crippen LogP contribution in [0.5, 0.6) is 11.8 Å². The van der Waals surface area contributed by atoms with Crippen molar-refractivity contribution in [2.24, 2.45) is 0 Å². The summed E-state index contributed by atoms with van der Waals surface area (Å²) >= 11 is 2.03. The molecule has 0 aromatic carbocycles. The summed E-state index contributed by atoms with van der Waals surface area (Å²) in [5.74, 6) is 1.00. The van der Waals surface area contributed by atoms with Gasteiger partial charge in [0.15, 0.2) is 0 Å². The number of methoxy groups -OCH3 is 2. The van der Waals surface area contributed by atoms with Crippen LogP contribution in [0.2, 0.25) is 0 Å². The summed E-state index contributed by atoms with van der Waals surface area (Å²) < 4.78 is 10.6. The van der Waals surface area contributed by atoms with Crippen molar-refractivity contribution in [2.75, 3.05) is 20.0 Å². The average Bonchev–Trinajstić information content (AvgIpc) is 2.08. The maximum atomic E-state index is 5.39. The zero-order chi connectivity index (χ0) is 9.14. The fourth-order valence-electron chi connectivity index (χ4n) is 0.693. The van der Waals surface area contributed by atoms with Gasteiger partial charge in [0, 0.05) is 0 Å². The second-order valence-electron chi connectivity index (χ2n) is 1.91. The maximum Gasteiger partial charge on any atom is 0.235 e. The van der Waals surface area contributed by atoms with Gasteiger partial charge in [-0.1, -0.05) is 0 Å². The first kappa shape index (κ1) is 9.30. The number of ether oxygens (including phenoxy) is 2. The highest BCUT2D eigenvalue weighted by atomic mass is 127. The lowest BCUT2D eigenvalue weighted by Crippen LogP contribution is -2.02. The highest BCUT2D eigenvalue weighted by Crippen LogP contribution is 2.26.